The van der Waals surface area contributed by atoms with Gasteiger partial charge in [-0.3, -0.25) is 0 Å². The van der Waals surface area contributed by atoms with Gasteiger partial charge in [0.2, 0.25) is 0 Å². The van der Waals surface area contributed by atoms with E-state index in [1.54, 1.807) is 0 Å². The topological polar surface area (TPSA) is 57.4 Å². The highest BCUT2D eigenvalue weighted by Gasteiger charge is 2.13. The van der Waals surface area contributed by atoms with Gasteiger partial charge in [-0.05, 0) is 51.4 Å². The first-order valence-electron chi connectivity index (χ1n) is 7.60. The largest absolute Gasteiger partial charge is 0.396 e. The smallest absolute Gasteiger partial charge is 0.0843 e. The molecule has 0 radical (unpaired) electrons. The zero-order valence-electron chi connectivity index (χ0n) is 13.2. The highest BCUT2D eigenvalue weighted by Crippen LogP contribution is 2.26. The van der Waals surface area contributed by atoms with E-state index < -0.39 is 6.10 Å². The van der Waals surface area contributed by atoms with Gasteiger partial charge < -0.3 is 20.1 Å². The van der Waals surface area contributed by atoms with E-state index in [1.165, 1.54) is 27.7 Å². The lowest BCUT2D eigenvalue weighted by atomic mass is 10.1. The molecule has 4 heteroatoms. The van der Waals surface area contributed by atoms with Crippen LogP contribution in [0.15, 0.2) is 18.2 Å². The summed E-state index contributed by atoms with van der Waals surface area (Å²) >= 11 is 0. The quantitative estimate of drug-likeness (QED) is 0.683. The maximum atomic E-state index is 10.2. The number of fused-ring (bicyclic) bond motifs is 1. The van der Waals surface area contributed by atoms with Crippen LogP contribution in [-0.4, -0.2) is 40.6 Å². The van der Waals surface area contributed by atoms with Crippen LogP contribution < -0.4 is 5.32 Å². The molecular formula is C17H26N2O2. The van der Waals surface area contributed by atoms with Crippen molar-refractivity contribution in [3.8, 4) is 0 Å². The number of aromatic nitrogens is 1. The molecule has 1 atom stereocenters. The number of aliphatic hydroxyl groups excluding tert-OH is 2. The van der Waals surface area contributed by atoms with Crippen molar-refractivity contribution in [3.05, 3.63) is 35.0 Å². The molecule has 4 nitrogen and oxygen atoms in total. The van der Waals surface area contributed by atoms with Crippen molar-refractivity contribution in [1.82, 2.24) is 9.88 Å². The molecular weight excluding hydrogens is 264 g/mol. The van der Waals surface area contributed by atoms with Crippen LogP contribution in [0.5, 0.6) is 0 Å². The van der Waals surface area contributed by atoms with Crippen LogP contribution in [0.25, 0.3) is 10.9 Å². The van der Waals surface area contributed by atoms with Gasteiger partial charge in [0, 0.05) is 29.7 Å². The summed E-state index contributed by atoms with van der Waals surface area (Å²) in [6.45, 7) is 8.40. The molecule has 0 aliphatic rings. The molecule has 21 heavy (non-hydrogen) atoms. The second-order valence-electron chi connectivity index (χ2n) is 5.78. The predicted octanol–water partition coefficient (Wildman–Crippen LogP) is 1.90. The molecule has 0 spiro atoms. The molecule has 0 saturated heterocycles. The molecule has 116 valence electrons. The minimum atomic E-state index is -0.432. The summed E-state index contributed by atoms with van der Waals surface area (Å²) in [5.74, 6) is 0. The molecule has 3 N–H and O–H groups in total. The summed E-state index contributed by atoms with van der Waals surface area (Å²) in [6.07, 6.45) is 0.287. The summed E-state index contributed by atoms with van der Waals surface area (Å²) in [6, 6.07) is 6.46. The second-order valence-corrected chi connectivity index (χ2v) is 5.78. The fraction of sp³-hybridized carbons (Fsp3) is 0.529. The fourth-order valence-corrected chi connectivity index (χ4v) is 2.75. The Morgan fingerprint density at radius 2 is 2.00 bits per heavy atom. The zero-order chi connectivity index (χ0) is 15.4. The average Bonchev–Trinajstić information content (AvgIpc) is 2.69. The standard InChI is InChI=1S/C17H26N2O2/c1-12-5-6-17-16(9-12)13(2)14(3)19(17)11-15(21)10-18-7-4-8-20/h5-6,9,15,18,20-21H,4,7-8,10-11H2,1-3H3. The summed E-state index contributed by atoms with van der Waals surface area (Å²) in [5, 5.41) is 23.4. The van der Waals surface area contributed by atoms with Crippen molar-refractivity contribution >= 4 is 10.9 Å². The average molecular weight is 290 g/mol. The van der Waals surface area contributed by atoms with Gasteiger partial charge in [-0.2, -0.15) is 0 Å². The first-order chi connectivity index (χ1) is 10.0. The van der Waals surface area contributed by atoms with E-state index in [2.05, 4.69) is 48.9 Å². The number of nitrogens with one attached hydrogen (secondary N) is 1. The number of nitrogens with zero attached hydrogens (tertiary/aromatic N) is 1. The number of hydrogen-bond acceptors (Lipinski definition) is 3. The fourth-order valence-electron chi connectivity index (χ4n) is 2.75. The van der Waals surface area contributed by atoms with Crippen molar-refractivity contribution in [2.75, 3.05) is 19.7 Å². The van der Waals surface area contributed by atoms with Crippen LogP contribution in [-0.2, 0) is 6.54 Å². The molecule has 1 unspecified atom stereocenters. The number of benzene rings is 1. The zero-order valence-corrected chi connectivity index (χ0v) is 13.2. The number of hydrogen-bond donors (Lipinski definition) is 3. The lowest BCUT2D eigenvalue weighted by Gasteiger charge is -2.15. The van der Waals surface area contributed by atoms with Gasteiger partial charge in [0.25, 0.3) is 0 Å². The third-order valence-corrected chi connectivity index (χ3v) is 4.08. The Morgan fingerprint density at radius 1 is 1.24 bits per heavy atom. The van der Waals surface area contributed by atoms with Crippen LogP contribution in [0.4, 0.5) is 0 Å². The van der Waals surface area contributed by atoms with E-state index in [0.29, 0.717) is 13.1 Å². The Balaban J connectivity index is 2.13. The highest BCUT2D eigenvalue weighted by molar-refractivity contribution is 5.85. The predicted molar refractivity (Wildman–Crippen MR) is 86.7 cm³/mol. The van der Waals surface area contributed by atoms with Gasteiger partial charge in [0.05, 0.1) is 12.6 Å². The Morgan fingerprint density at radius 3 is 2.71 bits per heavy atom. The third kappa shape index (κ3) is 3.64. The number of aliphatic hydroxyl groups is 2. The first-order valence-corrected chi connectivity index (χ1v) is 7.60. The molecule has 1 heterocycles. The molecule has 2 aromatic rings. The van der Waals surface area contributed by atoms with Crippen LogP contribution in [0.2, 0.25) is 0 Å². The summed E-state index contributed by atoms with van der Waals surface area (Å²) in [4.78, 5) is 0. The molecule has 0 aliphatic carbocycles. The van der Waals surface area contributed by atoms with Gasteiger partial charge in [-0.1, -0.05) is 11.6 Å². The van der Waals surface area contributed by atoms with Gasteiger partial charge in [0.15, 0.2) is 0 Å². The lowest BCUT2D eigenvalue weighted by Crippen LogP contribution is -2.31. The molecule has 1 aromatic carbocycles. The van der Waals surface area contributed by atoms with Gasteiger partial charge in [-0.25, -0.2) is 0 Å². The second kappa shape index (κ2) is 7.07. The minimum Gasteiger partial charge on any atom is -0.396 e. The highest BCUT2D eigenvalue weighted by atomic mass is 16.3. The Labute approximate surface area is 126 Å². The van der Waals surface area contributed by atoms with E-state index in [4.69, 9.17) is 5.11 Å². The van der Waals surface area contributed by atoms with E-state index >= 15 is 0 Å². The molecule has 0 aliphatic heterocycles. The summed E-state index contributed by atoms with van der Waals surface area (Å²) in [5.41, 5.74) is 4.94. The molecule has 1 aromatic heterocycles. The monoisotopic (exact) mass is 290 g/mol. The van der Waals surface area contributed by atoms with Crippen molar-refractivity contribution in [3.63, 3.8) is 0 Å². The Hall–Kier alpha value is -1.36. The van der Waals surface area contributed by atoms with E-state index in [0.717, 1.165) is 13.0 Å². The Bertz CT molecular complexity index is 604. The van der Waals surface area contributed by atoms with Crippen LogP contribution >= 0.6 is 0 Å². The molecule has 2 rings (SSSR count). The van der Waals surface area contributed by atoms with E-state index in [-0.39, 0.29) is 6.61 Å². The van der Waals surface area contributed by atoms with Crippen LogP contribution in [0.3, 0.4) is 0 Å². The van der Waals surface area contributed by atoms with Gasteiger partial charge in [-0.15, -0.1) is 0 Å². The molecule has 0 saturated carbocycles. The van der Waals surface area contributed by atoms with Crippen LogP contribution in [0.1, 0.15) is 23.2 Å². The molecule has 0 bridgehead atoms. The van der Waals surface area contributed by atoms with Crippen LogP contribution in [0, 0.1) is 20.8 Å². The van der Waals surface area contributed by atoms with Crippen molar-refractivity contribution in [2.45, 2.75) is 39.8 Å². The third-order valence-electron chi connectivity index (χ3n) is 4.08. The normalized spacial score (nSPS) is 13.0. The maximum absolute atomic E-state index is 10.2. The lowest BCUT2D eigenvalue weighted by molar-refractivity contribution is 0.151. The van der Waals surface area contributed by atoms with Crippen molar-refractivity contribution < 1.29 is 10.2 Å². The summed E-state index contributed by atoms with van der Waals surface area (Å²) in [7, 11) is 0. The summed E-state index contributed by atoms with van der Waals surface area (Å²) < 4.78 is 2.20. The first kappa shape index (κ1) is 16.0. The van der Waals surface area contributed by atoms with E-state index in [1.807, 2.05) is 0 Å². The SMILES string of the molecule is Cc1ccc2c(c1)c(C)c(C)n2CC(O)CNCCCO. The number of aryl methyl sites for hydroxylation is 2. The number of rotatable bonds is 7. The van der Waals surface area contributed by atoms with E-state index in [9.17, 15) is 5.11 Å². The van der Waals surface area contributed by atoms with Crippen molar-refractivity contribution in [2.24, 2.45) is 0 Å². The Kier molecular flexibility index (Phi) is 5.39. The van der Waals surface area contributed by atoms with Crippen molar-refractivity contribution in [1.29, 1.82) is 0 Å². The minimum absolute atomic E-state index is 0.184. The maximum Gasteiger partial charge on any atom is 0.0843 e. The van der Waals surface area contributed by atoms with Gasteiger partial charge in [0.1, 0.15) is 0 Å². The molecule has 0 fully saturated rings. The molecule has 0 amide bonds. The van der Waals surface area contributed by atoms with Gasteiger partial charge >= 0.3 is 0 Å².